The summed E-state index contributed by atoms with van der Waals surface area (Å²) >= 11 is 0. The van der Waals surface area contributed by atoms with E-state index in [-0.39, 0.29) is 16.7 Å². The van der Waals surface area contributed by atoms with Gasteiger partial charge in [0.2, 0.25) is 10.0 Å². The van der Waals surface area contributed by atoms with Gasteiger partial charge >= 0.3 is 6.61 Å². The zero-order valence-electron chi connectivity index (χ0n) is 11.6. The standard InChI is InChI=1S/C13H18F2N2O3S/c1-16-10-5-4-8-17(9-10)21(18,19)12-7-3-2-6-11(12)20-13(14)15/h2-3,6-7,10,13,16H,4-5,8-9H2,1H3. The number of rotatable bonds is 5. The Labute approximate surface area is 122 Å². The van der Waals surface area contributed by atoms with E-state index in [9.17, 15) is 17.2 Å². The van der Waals surface area contributed by atoms with Gasteiger partial charge in [0.05, 0.1) is 0 Å². The van der Waals surface area contributed by atoms with Crippen LogP contribution in [0.1, 0.15) is 12.8 Å². The van der Waals surface area contributed by atoms with Crippen molar-refractivity contribution in [3.05, 3.63) is 24.3 Å². The first-order valence-corrected chi connectivity index (χ1v) is 8.10. The molecule has 1 N–H and O–H groups in total. The Hall–Kier alpha value is -1.25. The molecule has 21 heavy (non-hydrogen) atoms. The van der Waals surface area contributed by atoms with E-state index in [4.69, 9.17) is 0 Å². The molecule has 2 rings (SSSR count). The zero-order valence-corrected chi connectivity index (χ0v) is 12.4. The van der Waals surface area contributed by atoms with E-state index in [1.807, 2.05) is 0 Å². The zero-order chi connectivity index (χ0) is 15.5. The van der Waals surface area contributed by atoms with Crippen molar-refractivity contribution in [1.29, 1.82) is 0 Å². The van der Waals surface area contributed by atoms with E-state index in [1.165, 1.54) is 28.6 Å². The quantitative estimate of drug-likeness (QED) is 0.896. The molecule has 0 aliphatic carbocycles. The van der Waals surface area contributed by atoms with Crippen LogP contribution in [0.25, 0.3) is 0 Å². The van der Waals surface area contributed by atoms with Crippen LogP contribution < -0.4 is 10.1 Å². The summed E-state index contributed by atoms with van der Waals surface area (Å²) in [5, 5.41) is 3.05. The highest BCUT2D eigenvalue weighted by Crippen LogP contribution is 2.29. The number of alkyl halides is 2. The molecule has 1 aromatic carbocycles. The highest BCUT2D eigenvalue weighted by atomic mass is 32.2. The van der Waals surface area contributed by atoms with E-state index in [0.29, 0.717) is 13.1 Å². The number of hydrogen-bond donors (Lipinski definition) is 1. The molecule has 1 aliphatic rings. The fraction of sp³-hybridized carbons (Fsp3) is 0.538. The lowest BCUT2D eigenvalue weighted by Crippen LogP contribution is -2.46. The first kappa shape index (κ1) is 16.1. The van der Waals surface area contributed by atoms with Gasteiger partial charge in [-0.05, 0) is 32.0 Å². The summed E-state index contributed by atoms with van der Waals surface area (Å²) in [6, 6.07) is 5.54. The normalized spacial score (nSPS) is 20.7. The minimum atomic E-state index is -3.85. The van der Waals surface area contributed by atoms with E-state index >= 15 is 0 Å². The Kier molecular flexibility index (Phi) is 5.13. The number of ether oxygens (including phenoxy) is 1. The first-order valence-electron chi connectivity index (χ1n) is 6.66. The highest BCUT2D eigenvalue weighted by Gasteiger charge is 2.32. The number of para-hydroxylation sites is 1. The number of likely N-dealkylation sites (N-methyl/N-ethyl adjacent to an activating group) is 1. The average molecular weight is 320 g/mol. The molecule has 1 aromatic rings. The number of nitrogens with one attached hydrogen (secondary N) is 1. The van der Waals surface area contributed by atoms with Crippen LogP contribution in [0.4, 0.5) is 8.78 Å². The molecule has 1 atom stereocenters. The van der Waals surface area contributed by atoms with Crippen LogP contribution >= 0.6 is 0 Å². The lowest BCUT2D eigenvalue weighted by molar-refractivity contribution is -0.0518. The molecule has 0 bridgehead atoms. The molecule has 1 heterocycles. The van der Waals surface area contributed by atoms with Crippen LogP contribution in [-0.2, 0) is 10.0 Å². The fourth-order valence-corrected chi connectivity index (χ4v) is 4.04. The second-order valence-electron chi connectivity index (χ2n) is 4.82. The Morgan fingerprint density at radius 2 is 2.10 bits per heavy atom. The monoisotopic (exact) mass is 320 g/mol. The van der Waals surface area contributed by atoms with Gasteiger partial charge in [-0.3, -0.25) is 0 Å². The predicted molar refractivity (Wildman–Crippen MR) is 73.9 cm³/mol. The minimum absolute atomic E-state index is 0.0664. The second-order valence-corrected chi connectivity index (χ2v) is 6.72. The van der Waals surface area contributed by atoms with Crippen molar-refractivity contribution in [2.45, 2.75) is 30.4 Å². The molecule has 5 nitrogen and oxygen atoms in total. The van der Waals surface area contributed by atoms with Gasteiger partial charge in [-0.15, -0.1) is 0 Å². The van der Waals surface area contributed by atoms with Gasteiger partial charge in [-0.1, -0.05) is 12.1 Å². The molecule has 1 fully saturated rings. The maximum atomic E-state index is 12.6. The Bertz CT molecular complexity index is 581. The Balaban J connectivity index is 2.31. The Morgan fingerprint density at radius 1 is 1.38 bits per heavy atom. The van der Waals surface area contributed by atoms with Crippen molar-refractivity contribution in [3.63, 3.8) is 0 Å². The summed E-state index contributed by atoms with van der Waals surface area (Å²) in [4.78, 5) is -0.220. The third-order valence-corrected chi connectivity index (χ3v) is 5.38. The van der Waals surface area contributed by atoms with Gasteiger partial charge in [0.15, 0.2) is 0 Å². The summed E-state index contributed by atoms with van der Waals surface area (Å²) in [6.45, 7) is -2.36. The number of hydrogen-bond acceptors (Lipinski definition) is 4. The SMILES string of the molecule is CNC1CCCN(S(=O)(=O)c2ccccc2OC(F)F)C1. The van der Waals surface area contributed by atoms with E-state index in [0.717, 1.165) is 12.8 Å². The van der Waals surface area contributed by atoms with Gasteiger partial charge in [0.1, 0.15) is 10.6 Å². The highest BCUT2D eigenvalue weighted by molar-refractivity contribution is 7.89. The molecule has 8 heteroatoms. The smallest absolute Gasteiger partial charge is 0.387 e. The predicted octanol–water partition coefficient (Wildman–Crippen LogP) is 1.66. The molecule has 0 aromatic heterocycles. The van der Waals surface area contributed by atoms with Gasteiger partial charge in [-0.25, -0.2) is 8.42 Å². The first-order chi connectivity index (χ1) is 9.95. The molecule has 1 aliphatic heterocycles. The molecule has 0 radical (unpaired) electrons. The van der Waals surface area contributed by atoms with E-state index < -0.39 is 16.6 Å². The van der Waals surface area contributed by atoms with Crippen molar-refractivity contribution < 1.29 is 21.9 Å². The van der Waals surface area contributed by atoms with E-state index in [1.54, 1.807) is 7.05 Å². The van der Waals surface area contributed by atoms with Crippen LogP contribution in [0.15, 0.2) is 29.2 Å². The van der Waals surface area contributed by atoms with Crippen molar-refractivity contribution in [1.82, 2.24) is 9.62 Å². The van der Waals surface area contributed by atoms with Crippen LogP contribution in [0.5, 0.6) is 5.75 Å². The van der Waals surface area contributed by atoms with Crippen LogP contribution in [-0.4, -0.2) is 45.5 Å². The summed E-state index contributed by atoms with van der Waals surface area (Å²) in [6.07, 6.45) is 1.61. The maximum Gasteiger partial charge on any atom is 0.387 e. The van der Waals surface area contributed by atoms with Crippen molar-refractivity contribution in [2.24, 2.45) is 0 Å². The summed E-state index contributed by atoms with van der Waals surface area (Å²) in [5.74, 6) is -0.320. The topological polar surface area (TPSA) is 58.6 Å². The fourth-order valence-electron chi connectivity index (χ4n) is 2.39. The average Bonchev–Trinajstić information content (AvgIpc) is 2.47. The lowest BCUT2D eigenvalue weighted by Gasteiger charge is -2.32. The molecule has 0 saturated carbocycles. The van der Waals surface area contributed by atoms with Gasteiger partial charge in [-0.2, -0.15) is 13.1 Å². The van der Waals surface area contributed by atoms with Gasteiger partial charge in [0, 0.05) is 19.1 Å². The van der Waals surface area contributed by atoms with Gasteiger partial charge in [0.25, 0.3) is 0 Å². The molecule has 0 spiro atoms. The van der Waals surface area contributed by atoms with Crippen LogP contribution in [0, 0.1) is 0 Å². The molecule has 0 amide bonds. The lowest BCUT2D eigenvalue weighted by atomic mass is 10.1. The number of nitrogens with zero attached hydrogens (tertiary/aromatic N) is 1. The number of halogens is 2. The van der Waals surface area contributed by atoms with E-state index in [2.05, 4.69) is 10.1 Å². The van der Waals surface area contributed by atoms with Crippen LogP contribution in [0.2, 0.25) is 0 Å². The molecule has 1 saturated heterocycles. The van der Waals surface area contributed by atoms with Crippen molar-refractivity contribution in [3.8, 4) is 5.75 Å². The van der Waals surface area contributed by atoms with Crippen molar-refractivity contribution >= 4 is 10.0 Å². The van der Waals surface area contributed by atoms with Crippen molar-refractivity contribution in [2.75, 3.05) is 20.1 Å². The number of benzene rings is 1. The summed E-state index contributed by atoms with van der Waals surface area (Å²) in [5.41, 5.74) is 0. The molecule has 1 unspecified atom stereocenters. The summed E-state index contributed by atoms with van der Waals surface area (Å²) in [7, 11) is -2.07. The largest absolute Gasteiger partial charge is 0.433 e. The van der Waals surface area contributed by atoms with Gasteiger partial charge < -0.3 is 10.1 Å². The summed E-state index contributed by atoms with van der Waals surface area (Å²) < 4.78 is 55.7. The van der Waals surface area contributed by atoms with Crippen LogP contribution in [0.3, 0.4) is 0 Å². The Morgan fingerprint density at radius 3 is 2.76 bits per heavy atom. The molecular weight excluding hydrogens is 302 g/mol. The molecular formula is C13H18F2N2O3S. The minimum Gasteiger partial charge on any atom is -0.433 e. The number of piperidine rings is 1. The third-order valence-electron chi connectivity index (χ3n) is 3.48. The second kappa shape index (κ2) is 6.67. The number of sulfonamides is 1. The third kappa shape index (κ3) is 3.69. The molecule has 118 valence electrons. The maximum absolute atomic E-state index is 12.6.